The van der Waals surface area contributed by atoms with Crippen LogP contribution in [0.25, 0.3) is 0 Å². The summed E-state index contributed by atoms with van der Waals surface area (Å²) in [5.41, 5.74) is 2.76. The van der Waals surface area contributed by atoms with Crippen molar-refractivity contribution in [3.8, 4) is 11.8 Å². The normalized spacial score (nSPS) is 10.0. The summed E-state index contributed by atoms with van der Waals surface area (Å²) >= 11 is 0. The molecule has 0 aliphatic heterocycles. The second-order valence-corrected chi connectivity index (χ2v) is 6.14. The fraction of sp³-hybridized carbons (Fsp3) is 0.273. The van der Waals surface area contributed by atoms with Gasteiger partial charge < -0.3 is 9.64 Å². The Balaban J connectivity index is 1.83. The first-order valence-corrected chi connectivity index (χ1v) is 8.69. The Morgan fingerprint density at radius 1 is 1.27 bits per heavy atom. The second-order valence-electron chi connectivity index (χ2n) is 6.14. The molecule has 2 aromatic carbocycles. The number of hydrogen-bond acceptors (Lipinski definition) is 3. The molecule has 2 rings (SSSR count). The molecule has 0 saturated heterocycles. The number of ether oxygens (including phenoxy) is 1. The molecule has 0 radical (unpaired) electrons. The van der Waals surface area contributed by atoms with Gasteiger partial charge in [-0.05, 0) is 48.7 Å². The van der Waals surface area contributed by atoms with Gasteiger partial charge in [0.1, 0.15) is 5.75 Å². The Labute approximate surface area is 155 Å². The summed E-state index contributed by atoms with van der Waals surface area (Å²) in [6.45, 7) is 7.27. The van der Waals surface area contributed by atoms with E-state index in [1.807, 2.05) is 43.3 Å². The Bertz CT molecular complexity index is 775. The largest absolute Gasteiger partial charge is 0.494 e. The van der Waals surface area contributed by atoms with Gasteiger partial charge in [0.2, 0.25) is 5.91 Å². The van der Waals surface area contributed by atoms with E-state index in [1.54, 1.807) is 23.1 Å². The van der Waals surface area contributed by atoms with Gasteiger partial charge in [0.15, 0.2) is 0 Å². The maximum atomic E-state index is 12.5. The van der Waals surface area contributed by atoms with Crippen molar-refractivity contribution in [3.05, 3.63) is 77.9 Å². The van der Waals surface area contributed by atoms with E-state index in [9.17, 15) is 4.79 Å². The standard InChI is InChI=1S/C22H24N2O2/c1-3-13-24(17-20-11-9-19(16-23)10-12-20)22(25)8-5-14-26-21-7-4-6-18(2)15-21/h3-4,6-7,9-12,15H,1,5,8,13-14,17H2,2H3. The second kappa shape index (κ2) is 10.0. The molecule has 0 heterocycles. The van der Waals surface area contributed by atoms with Gasteiger partial charge in [0.05, 0.1) is 18.2 Å². The summed E-state index contributed by atoms with van der Waals surface area (Å²) in [5, 5.41) is 8.86. The number of nitriles is 1. The SMILES string of the molecule is C=CCN(Cc1ccc(C#N)cc1)C(=O)CCCOc1cccc(C)c1. The Morgan fingerprint density at radius 2 is 2.04 bits per heavy atom. The van der Waals surface area contributed by atoms with Gasteiger partial charge in [0, 0.05) is 19.5 Å². The predicted octanol–water partition coefficient (Wildman–Crippen LogP) is 4.24. The van der Waals surface area contributed by atoms with E-state index in [0.717, 1.165) is 16.9 Å². The molecule has 0 aliphatic rings. The Hall–Kier alpha value is -3.06. The van der Waals surface area contributed by atoms with E-state index < -0.39 is 0 Å². The van der Waals surface area contributed by atoms with Crippen molar-refractivity contribution in [1.29, 1.82) is 5.26 Å². The summed E-state index contributed by atoms with van der Waals surface area (Å²) < 4.78 is 5.70. The molecule has 2 aromatic rings. The highest BCUT2D eigenvalue weighted by Crippen LogP contribution is 2.13. The quantitative estimate of drug-likeness (QED) is 0.503. The minimum absolute atomic E-state index is 0.0714. The number of carbonyl (C=O) groups is 1. The highest BCUT2D eigenvalue weighted by Gasteiger charge is 2.12. The topological polar surface area (TPSA) is 53.3 Å². The molecule has 4 nitrogen and oxygen atoms in total. The maximum absolute atomic E-state index is 12.5. The summed E-state index contributed by atoms with van der Waals surface area (Å²) in [6.07, 6.45) is 2.81. The van der Waals surface area contributed by atoms with Crippen LogP contribution in [0.5, 0.6) is 5.75 Å². The molecule has 0 unspecified atom stereocenters. The van der Waals surface area contributed by atoms with Crippen LogP contribution in [0.3, 0.4) is 0 Å². The van der Waals surface area contributed by atoms with Crippen molar-refractivity contribution in [2.45, 2.75) is 26.3 Å². The molecule has 0 aliphatic carbocycles. The molecule has 0 N–H and O–H groups in total. The van der Waals surface area contributed by atoms with Gasteiger partial charge in [-0.2, -0.15) is 5.26 Å². The van der Waals surface area contributed by atoms with E-state index in [-0.39, 0.29) is 5.91 Å². The van der Waals surface area contributed by atoms with Crippen LogP contribution in [0.15, 0.2) is 61.2 Å². The Morgan fingerprint density at radius 3 is 2.69 bits per heavy atom. The lowest BCUT2D eigenvalue weighted by Crippen LogP contribution is -2.30. The number of carbonyl (C=O) groups excluding carboxylic acids is 1. The molecule has 4 heteroatoms. The van der Waals surface area contributed by atoms with Crippen LogP contribution in [0.1, 0.15) is 29.5 Å². The first kappa shape index (κ1) is 19.3. The third-order valence-corrected chi connectivity index (χ3v) is 3.95. The maximum Gasteiger partial charge on any atom is 0.223 e. The minimum Gasteiger partial charge on any atom is -0.494 e. The smallest absolute Gasteiger partial charge is 0.223 e. The molecule has 0 spiro atoms. The fourth-order valence-electron chi connectivity index (χ4n) is 2.59. The number of nitrogens with zero attached hydrogens (tertiary/aromatic N) is 2. The summed E-state index contributed by atoms with van der Waals surface area (Å²) in [5.74, 6) is 0.903. The van der Waals surface area contributed by atoms with Gasteiger partial charge in [-0.3, -0.25) is 4.79 Å². The van der Waals surface area contributed by atoms with Crippen molar-refractivity contribution in [1.82, 2.24) is 4.90 Å². The zero-order chi connectivity index (χ0) is 18.8. The van der Waals surface area contributed by atoms with Crippen molar-refractivity contribution >= 4 is 5.91 Å². The highest BCUT2D eigenvalue weighted by atomic mass is 16.5. The number of amides is 1. The summed E-state index contributed by atoms with van der Waals surface area (Å²) in [7, 11) is 0. The van der Waals surface area contributed by atoms with E-state index >= 15 is 0 Å². The molecular weight excluding hydrogens is 324 g/mol. The van der Waals surface area contributed by atoms with Crippen molar-refractivity contribution in [2.24, 2.45) is 0 Å². The fourth-order valence-corrected chi connectivity index (χ4v) is 2.59. The lowest BCUT2D eigenvalue weighted by Gasteiger charge is -2.21. The van der Waals surface area contributed by atoms with Crippen LogP contribution in [0.2, 0.25) is 0 Å². The average molecular weight is 348 g/mol. The molecule has 0 saturated carbocycles. The van der Waals surface area contributed by atoms with E-state index in [0.29, 0.717) is 38.1 Å². The van der Waals surface area contributed by atoms with Crippen LogP contribution < -0.4 is 4.74 Å². The summed E-state index contributed by atoms with van der Waals surface area (Å²) in [6, 6.07) is 17.3. The van der Waals surface area contributed by atoms with Crippen molar-refractivity contribution in [3.63, 3.8) is 0 Å². The van der Waals surface area contributed by atoms with Gasteiger partial charge in [-0.1, -0.05) is 30.3 Å². The van der Waals surface area contributed by atoms with E-state index in [4.69, 9.17) is 10.00 Å². The zero-order valence-electron chi connectivity index (χ0n) is 15.1. The number of hydrogen-bond donors (Lipinski definition) is 0. The van der Waals surface area contributed by atoms with Gasteiger partial charge >= 0.3 is 0 Å². The van der Waals surface area contributed by atoms with Crippen LogP contribution in [-0.2, 0) is 11.3 Å². The van der Waals surface area contributed by atoms with E-state index in [2.05, 4.69) is 12.6 Å². The van der Waals surface area contributed by atoms with Crippen LogP contribution in [0.4, 0.5) is 0 Å². The molecule has 1 amide bonds. The van der Waals surface area contributed by atoms with Gasteiger partial charge in [0.25, 0.3) is 0 Å². The lowest BCUT2D eigenvalue weighted by molar-refractivity contribution is -0.131. The lowest BCUT2D eigenvalue weighted by atomic mass is 10.1. The molecule has 134 valence electrons. The molecule has 0 atom stereocenters. The minimum atomic E-state index is 0.0714. The number of benzene rings is 2. The average Bonchev–Trinajstić information content (AvgIpc) is 2.65. The van der Waals surface area contributed by atoms with Gasteiger partial charge in [-0.15, -0.1) is 6.58 Å². The van der Waals surface area contributed by atoms with Gasteiger partial charge in [-0.25, -0.2) is 0 Å². The third kappa shape index (κ3) is 6.10. The monoisotopic (exact) mass is 348 g/mol. The molecule has 0 aromatic heterocycles. The first-order chi connectivity index (χ1) is 12.6. The van der Waals surface area contributed by atoms with Crippen molar-refractivity contribution < 1.29 is 9.53 Å². The predicted molar refractivity (Wildman–Crippen MR) is 103 cm³/mol. The van der Waals surface area contributed by atoms with E-state index in [1.165, 1.54) is 0 Å². The van der Waals surface area contributed by atoms with Crippen LogP contribution in [0, 0.1) is 18.3 Å². The number of aryl methyl sites for hydroxylation is 1. The first-order valence-electron chi connectivity index (χ1n) is 8.69. The van der Waals surface area contributed by atoms with Crippen LogP contribution >= 0.6 is 0 Å². The third-order valence-electron chi connectivity index (χ3n) is 3.95. The highest BCUT2D eigenvalue weighted by molar-refractivity contribution is 5.76. The molecule has 0 bridgehead atoms. The molecule has 26 heavy (non-hydrogen) atoms. The number of rotatable bonds is 9. The van der Waals surface area contributed by atoms with Crippen molar-refractivity contribution in [2.75, 3.05) is 13.2 Å². The van der Waals surface area contributed by atoms with Crippen LogP contribution in [-0.4, -0.2) is 24.0 Å². The molecular formula is C22H24N2O2. The zero-order valence-corrected chi connectivity index (χ0v) is 15.1. The molecule has 0 fully saturated rings. The Kier molecular flexibility index (Phi) is 7.45. The summed E-state index contributed by atoms with van der Waals surface area (Å²) in [4.78, 5) is 14.3.